The molecule has 0 radical (unpaired) electrons. The molecule has 38 heavy (non-hydrogen) atoms. The molecule has 0 saturated heterocycles. The lowest BCUT2D eigenvalue weighted by Crippen LogP contribution is -2.45. The number of carbonyl (C=O) groups is 3. The second-order valence-corrected chi connectivity index (χ2v) is 11.9. The quantitative estimate of drug-likeness (QED) is 0.347. The minimum atomic E-state index is -1.17. The van der Waals surface area contributed by atoms with Gasteiger partial charge in [0.15, 0.2) is 11.6 Å². The Morgan fingerprint density at radius 2 is 1.82 bits per heavy atom. The van der Waals surface area contributed by atoms with Crippen LogP contribution in [0.5, 0.6) is 17.2 Å². The topological polar surface area (TPSA) is 147 Å². The molecular weight excluding hydrogens is 486 g/mol. The Balaban J connectivity index is 1.70. The van der Waals surface area contributed by atoms with Crippen molar-refractivity contribution in [1.29, 1.82) is 0 Å². The van der Waals surface area contributed by atoms with Gasteiger partial charge in [0.05, 0.1) is 24.0 Å². The molecule has 6 rings (SSSR count). The van der Waals surface area contributed by atoms with Gasteiger partial charge in [-0.25, -0.2) is 0 Å². The van der Waals surface area contributed by atoms with Crippen LogP contribution in [-0.2, 0) is 27.8 Å². The number of rotatable bonds is 2. The van der Waals surface area contributed by atoms with E-state index in [1.54, 1.807) is 7.11 Å². The van der Waals surface area contributed by atoms with Gasteiger partial charge in [-0.3, -0.25) is 14.4 Å². The van der Waals surface area contributed by atoms with Crippen LogP contribution in [0, 0.1) is 17.3 Å². The summed E-state index contributed by atoms with van der Waals surface area (Å²) in [6.07, 6.45) is 4.78. The lowest BCUT2D eigenvalue weighted by atomic mass is 9.54. The minimum absolute atomic E-state index is 0.0252. The normalized spacial score (nSPS) is 27.4. The maximum atomic E-state index is 13.9. The second kappa shape index (κ2) is 7.62. The summed E-state index contributed by atoms with van der Waals surface area (Å²) >= 11 is 0. The molecule has 198 valence electrons. The first-order chi connectivity index (χ1) is 17.9. The van der Waals surface area contributed by atoms with Crippen molar-refractivity contribution in [3.63, 3.8) is 0 Å². The number of Topliss-reactive ketones (excluding diaryl/α,β-unsaturated/α-hetero) is 2. The number of aromatic hydroxyl groups is 2. The Morgan fingerprint density at radius 1 is 1.11 bits per heavy atom. The van der Waals surface area contributed by atoms with Crippen LogP contribution in [0.15, 0.2) is 29.0 Å². The zero-order valence-electron chi connectivity index (χ0n) is 21.9. The molecule has 2 aromatic rings. The van der Waals surface area contributed by atoms with E-state index in [1.165, 1.54) is 11.6 Å². The van der Waals surface area contributed by atoms with E-state index < -0.39 is 46.1 Å². The van der Waals surface area contributed by atoms with E-state index in [0.29, 0.717) is 23.1 Å². The molecule has 1 spiro atoms. The average Bonchev–Trinajstić information content (AvgIpc) is 3.18. The zero-order chi connectivity index (χ0) is 27.5. The molecule has 0 aromatic heterocycles. The number of allylic oxidation sites excluding steroid dienone is 3. The molecule has 2 aromatic carbocycles. The van der Waals surface area contributed by atoms with Crippen molar-refractivity contribution in [2.45, 2.75) is 58.3 Å². The summed E-state index contributed by atoms with van der Waals surface area (Å²) in [7, 11) is 1.56. The third-order valence-corrected chi connectivity index (χ3v) is 9.84. The Labute approximate surface area is 219 Å². The summed E-state index contributed by atoms with van der Waals surface area (Å²) in [6.45, 7) is 6.54. The molecule has 0 fully saturated rings. The molecule has 0 heterocycles. The average molecular weight is 518 g/mol. The predicted molar refractivity (Wildman–Crippen MR) is 139 cm³/mol. The number of fused-ring (bicyclic) bond motifs is 4. The lowest BCUT2D eigenvalue weighted by Gasteiger charge is -2.49. The van der Waals surface area contributed by atoms with E-state index in [-0.39, 0.29) is 40.7 Å². The summed E-state index contributed by atoms with van der Waals surface area (Å²) in [5, 5.41) is 34.4. The highest BCUT2D eigenvalue weighted by Gasteiger charge is 2.57. The summed E-state index contributed by atoms with van der Waals surface area (Å²) in [6, 6.07) is 1.50. The van der Waals surface area contributed by atoms with Crippen LogP contribution in [0.25, 0.3) is 10.8 Å². The van der Waals surface area contributed by atoms with Crippen LogP contribution in [-0.4, -0.2) is 39.9 Å². The number of primary amides is 1. The van der Waals surface area contributed by atoms with Crippen LogP contribution >= 0.6 is 0 Å². The first-order valence-corrected chi connectivity index (χ1v) is 13.0. The molecular formula is C30H31NO7. The third-order valence-electron chi connectivity index (χ3n) is 9.84. The van der Waals surface area contributed by atoms with E-state index in [1.807, 2.05) is 0 Å². The highest BCUT2D eigenvalue weighted by Crippen LogP contribution is 2.65. The first-order valence-electron chi connectivity index (χ1n) is 13.0. The van der Waals surface area contributed by atoms with Gasteiger partial charge in [0.1, 0.15) is 28.6 Å². The van der Waals surface area contributed by atoms with Gasteiger partial charge < -0.3 is 25.8 Å². The van der Waals surface area contributed by atoms with E-state index in [4.69, 9.17) is 10.5 Å². The summed E-state index contributed by atoms with van der Waals surface area (Å²) in [5.41, 5.74) is 7.67. The SMILES string of the molecule is COc1cc(O)c2c(O)c3c(c4c2c1[C@]1(C4)C(C)=CCCC1(C)C)CC1CC(=O)C(C(N)=O)=C(O)C1C3=O. The maximum Gasteiger partial charge on any atom is 0.255 e. The molecule has 8 heteroatoms. The number of hydrogen-bond donors (Lipinski definition) is 4. The summed E-state index contributed by atoms with van der Waals surface area (Å²) in [5.74, 6) is -4.66. The fraction of sp³-hybridized carbons (Fsp3) is 0.433. The number of nitrogens with two attached hydrogens (primary N) is 1. The minimum Gasteiger partial charge on any atom is -0.511 e. The molecule has 3 atom stereocenters. The molecule has 0 aliphatic heterocycles. The molecule has 4 aliphatic rings. The number of amides is 1. The summed E-state index contributed by atoms with van der Waals surface area (Å²) in [4.78, 5) is 38.6. The second-order valence-electron chi connectivity index (χ2n) is 11.9. The largest absolute Gasteiger partial charge is 0.511 e. The van der Waals surface area contributed by atoms with Crippen LogP contribution < -0.4 is 10.5 Å². The molecule has 8 nitrogen and oxygen atoms in total. The first kappa shape index (κ1) is 24.5. The fourth-order valence-electron chi connectivity index (χ4n) is 8.05. The maximum absolute atomic E-state index is 13.9. The predicted octanol–water partition coefficient (Wildman–Crippen LogP) is 4.06. The lowest BCUT2D eigenvalue weighted by molar-refractivity contribution is -0.122. The molecule has 0 saturated carbocycles. The van der Waals surface area contributed by atoms with Crippen molar-refractivity contribution in [2.24, 2.45) is 23.0 Å². The van der Waals surface area contributed by atoms with Crippen molar-refractivity contribution < 1.29 is 34.4 Å². The molecule has 0 bridgehead atoms. The number of carbonyl (C=O) groups excluding carboxylic acids is 3. The van der Waals surface area contributed by atoms with E-state index >= 15 is 0 Å². The number of ketones is 2. The van der Waals surface area contributed by atoms with Gasteiger partial charge in [0.2, 0.25) is 0 Å². The van der Waals surface area contributed by atoms with E-state index in [9.17, 15) is 29.7 Å². The van der Waals surface area contributed by atoms with Gasteiger partial charge in [-0.2, -0.15) is 0 Å². The van der Waals surface area contributed by atoms with Crippen molar-refractivity contribution in [3.05, 3.63) is 51.3 Å². The number of benzene rings is 2. The Kier molecular flexibility index (Phi) is 4.92. The highest BCUT2D eigenvalue weighted by molar-refractivity contribution is 6.22. The number of aliphatic hydroxyl groups is 1. The van der Waals surface area contributed by atoms with Crippen molar-refractivity contribution >= 4 is 28.2 Å². The van der Waals surface area contributed by atoms with Crippen LogP contribution in [0.3, 0.4) is 0 Å². The van der Waals surface area contributed by atoms with Gasteiger partial charge in [-0.1, -0.05) is 25.5 Å². The molecule has 2 unspecified atom stereocenters. The van der Waals surface area contributed by atoms with Gasteiger partial charge >= 0.3 is 0 Å². The zero-order valence-corrected chi connectivity index (χ0v) is 21.9. The monoisotopic (exact) mass is 517 g/mol. The Morgan fingerprint density at radius 3 is 2.45 bits per heavy atom. The van der Waals surface area contributed by atoms with Crippen molar-refractivity contribution in [3.8, 4) is 17.2 Å². The standard InChI is InChI=1S/C30H31NO7/c1-12-6-5-7-29(2,3)30(12)11-15-14-8-13-9-16(32)23(28(31)37)26(35)19(13)25(34)21(14)27(36)22-17(33)10-18(38-4)24(30)20(15)22/h6,10,13,19,33,35-36H,5,7-9,11H2,1-4H3,(H2,31,37)/t13?,19?,30-/m0/s1. The van der Waals surface area contributed by atoms with E-state index in [2.05, 4.69) is 26.8 Å². The third kappa shape index (κ3) is 2.73. The number of phenols is 2. The fourth-order valence-corrected chi connectivity index (χ4v) is 8.05. The van der Waals surface area contributed by atoms with Crippen molar-refractivity contribution in [2.75, 3.05) is 7.11 Å². The Hall–Kier alpha value is -3.81. The molecule has 1 amide bonds. The summed E-state index contributed by atoms with van der Waals surface area (Å²) < 4.78 is 5.82. The van der Waals surface area contributed by atoms with Gasteiger partial charge in [-0.05, 0) is 55.1 Å². The van der Waals surface area contributed by atoms with Crippen LogP contribution in [0.2, 0.25) is 0 Å². The van der Waals surface area contributed by atoms with Crippen LogP contribution in [0.1, 0.15) is 67.1 Å². The van der Waals surface area contributed by atoms with Gasteiger partial charge in [0.25, 0.3) is 5.91 Å². The number of hydrogen-bond acceptors (Lipinski definition) is 7. The van der Waals surface area contributed by atoms with Gasteiger partial charge in [0, 0.05) is 28.9 Å². The smallest absolute Gasteiger partial charge is 0.255 e. The molecule has 4 aliphatic carbocycles. The van der Waals surface area contributed by atoms with Crippen LogP contribution in [0.4, 0.5) is 0 Å². The number of phenolic OH excluding ortho intramolecular Hbond substituents is 2. The number of ether oxygens (including phenoxy) is 1. The highest BCUT2D eigenvalue weighted by atomic mass is 16.5. The Bertz CT molecular complexity index is 1580. The van der Waals surface area contributed by atoms with E-state index in [0.717, 1.165) is 24.0 Å². The van der Waals surface area contributed by atoms with Crippen molar-refractivity contribution in [1.82, 2.24) is 0 Å². The molecule has 5 N–H and O–H groups in total. The number of aliphatic hydroxyl groups excluding tert-OH is 1. The number of methoxy groups -OCH3 is 1. The van der Waals surface area contributed by atoms with Gasteiger partial charge in [-0.15, -0.1) is 0 Å².